The Morgan fingerprint density at radius 3 is 2.33 bits per heavy atom. The molecule has 0 bridgehead atoms. The van der Waals surface area contributed by atoms with Crippen molar-refractivity contribution in [2.75, 3.05) is 11.3 Å². The van der Waals surface area contributed by atoms with Gasteiger partial charge in [-0.15, -0.1) is 0 Å². The van der Waals surface area contributed by atoms with Crippen LogP contribution in [0.2, 0.25) is 5.02 Å². The smallest absolute Gasteiger partial charge is 0.261 e. The molecule has 0 saturated heterocycles. The Morgan fingerprint density at radius 2 is 1.70 bits per heavy atom. The van der Waals surface area contributed by atoms with E-state index in [0.717, 1.165) is 11.3 Å². The molecule has 0 saturated carbocycles. The van der Waals surface area contributed by atoms with E-state index >= 15 is 0 Å². The third-order valence-electron chi connectivity index (χ3n) is 4.21. The van der Waals surface area contributed by atoms with Crippen LogP contribution >= 0.6 is 11.6 Å². The number of benzene rings is 3. The van der Waals surface area contributed by atoms with Crippen molar-refractivity contribution in [3.63, 3.8) is 0 Å². The monoisotopic (exact) mass is 444 g/mol. The molecule has 3 rings (SSSR count). The molecule has 0 atom stereocenters. The second kappa shape index (κ2) is 9.65. The molecule has 30 heavy (non-hydrogen) atoms. The van der Waals surface area contributed by atoms with Gasteiger partial charge in [-0.2, -0.15) is 0 Å². The SMILES string of the molecule is CCOc1ccc(CNC(=O)c2ccc(NS(=O)(=O)c3ccccc3)cc2Cl)cc1. The summed E-state index contributed by atoms with van der Waals surface area (Å²) < 4.78 is 32.7. The van der Waals surface area contributed by atoms with E-state index in [0.29, 0.717) is 13.2 Å². The lowest BCUT2D eigenvalue weighted by Crippen LogP contribution is -2.23. The number of anilines is 1. The highest BCUT2D eigenvalue weighted by Gasteiger charge is 2.16. The largest absolute Gasteiger partial charge is 0.494 e. The van der Waals surface area contributed by atoms with E-state index in [1.54, 1.807) is 18.2 Å². The van der Waals surface area contributed by atoms with Gasteiger partial charge in [0.05, 0.1) is 27.8 Å². The highest BCUT2D eigenvalue weighted by Crippen LogP contribution is 2.23. The van der Waals surface area contributed by atoms with Crippen LogP contribution in [-0.4, -0.2) is 20.9 Å². The molecule has 6 nitrogen and oxygen atoms in total. The third-order valence-corrected chi connectivity index (χ3v) is 5.92. The predicted octanol–water partition coefficient (Wildman–Crippen LogP) is 4.47. The molecule has 0 unspecified atom stereocenters. The fourth-order valence-electron chi connectivity index (χ4n) is 2.72. The average Bonchev–Trinajstić information content (AvgIpc) is 2.74. The van der Waals surface area contributed by atoms with Crippen LogP contribution in [0.15, 0.2) is 77.7 Å². The number of carbonyl (C=O) groups is 1. The number of sulfonamides is 1. The summed E-state index contributed by atoms with van der Waals surface area (Å²) >= 11 is 6.22. The minimum atomic E-state index is -3.74. The minimum absolute atomic E-state index is 0.137. The molecular formula is C22H21ClN2O4S. The van der Waals surface area contributed by atoms with Crippen molar-refractivity contribution in [1.29, 1.82) is 0 Å². The fourth-order valence-corrected chi connectivity index (χ4v) is 4.06. The standard InChI is InChI=1S/C22H21ClN2O4S/c1-2-29-18-11-8-16(9-12-18)15-24-22(26)20-13-10-17(14-21(20)23)25-30(27,28)19-6-4-3-5-7-19/h3-14,25H,2,15H2,1H3,(H,24,26). The summed E-state index contributed by atoms with van der Waals surface area (Å²) in [5.41, 5.74) is 1.44. The lowest BCUT2D eigenvalue weighted by molar-refractivity contribution is 0.0951. The Balaban J connectivity index is 1.65. The summed E-state index contributed by atoms with van der Waals surface area (Å²) in [7, 11) is -3.74. The second-order valence-electron chi connectivity index (χ2n) is 6.37. The molecule has 0 aliphatic rings. The van der Waals surface area contributed by atoms with Crippen LogP contribution in [0.1, 0.15) is 22.8 Å². The average molecular weight is 445 g/mol. The molecule has 0 spiro atoms. The van der Waals surface area contributed by atoms with Gasteiger partial charge in [-0.3, -0.25) is 9.52 Å². The van der Waals surface area contributed by atoms with Gasteiger partial charge < -0.3 is 10.1 Å². The van der Waals surface area contributed by atoms with Crippen molar-refractivity contribution >= 4 is 33.2 Å². The van der Waals surface area contributed by atoms with E-state index in [-0.39, 0.29) is 27.1 Å². The van der Waals surface area contributed by atoms with Crippen molar-refractivity contribution < 1.29 is 17.9 Å². The lowest BCUT2D eigenvalue weighted by Gasteiger charge is -2.11. The molecule has 156 valence electrons. The van der Waals surface area contributed by atoms with E-state index in [2.05, 4.69) is 10.0 Å². The quantitative estimate of drug-likeness (QED) is 0.536. The van der Waals surface area contributed by atoms with Gasteiger partial charge >= 0.3 is 0 Å². The first-order valence-electron chi connectivity index (χ1n) is 9.26. The van der Waals surface area contributed by atoms with Crippen LogP contribution in [0.25, 0.3) is 0 Å². The summed E-state index contributed by atoms with van der Waals surface area (Å²) in [4.78, 5) is 12.6. The summed E-state index contributed by atoms with van der Waals surface area (Å²) in [5.74, 6) is 0.413. The maximum Gasteiger partial charge on any atom is 0.261 e. The molecule has 2 N–H and O–H groups in total. The zero-order chi connectivity index (χ0) is 21.6. The van der Waals surface area contributed by atoms with Crippen LogP contribution < -0.4 is 14.8 Å². The van der Waals surface area contributed by atoms with E-state index in [9.17, 15) is 13.2 Å². The third kappa shape index (κ3) is 5.52. The molecule has 3 aromatic carbocycles. The Hall–Kier alpha value is -3.03. The van der Waals surface area contributed by atoms with Gasteiger partial charge in [0, 0.05) is 6.54 Å². The Kier molecular flexibility index (Phi) is 6.97. The van der Waals surface area contributed by atoms with E-state index in [1.807, 2.05) is 31.2 Å². The van der Waals surface area contributed by atoms with E-state index < -0.39 is 10.0 Å². The normalized spacial score (nSPS) is 11.0. The minimum Gasteiger partial charge on any atom is -0.494 e. The zero-order valence-corrected chi connectivity index (χ0v) is 17.8. The van der Waals surface area contributed by atoms with Crippen molar-refractivity contribution in [2.24, 2.45) is 0 Å². The van der Waals surface area contributed by atoms with Gasteiger partial charge in [-0.1, -0.05) is 41.9 Å². The van der Waals surface area contributed by atoms with E-state index in [4.69, 9.17) is 16.3 Å². The number of hydrogen-bond donors (Lipinski definition) is 2. The Morgan fingerprint density at radius 1 is 1.00 bits per heavy atom. The van der Waals surface area contributed by atoms with Gasteiger partial charge in [-0.25, -0.2) is 8.42 Å². The Bertz CT molecular complexity index is 1120. The topological polar surface area (TPSA) is 84.5 Å². The van der Waals surface area contributed by atoms with Crippen LogP contribution in [-0.2, 0) is 16.6 Å². The van der Waals surface area contributed by atoms with Crippen molar-refractivity contribution in [2.45, 2.75) is 18.4 Å². The molecule has 0 aliphatic carbocycles. The van der Waals surface area contributed by atoms with E-state index in [1.165, 1.54) is 30.3 Å². The summed E-state index contributed by atoms with van der Waals surface area (Å²) in [6, 6.07) is 19.8. The maximum atomic E-state index is 12.5. The van der Waals surface area contributed by atoms with Crippen molar-refractivity contribution in [1.82, 2.24) is 5.32 Å². The number of amides is 1. The Labute approximate surface area is 180 Å². The first-order chi connectivity index (χ1) is 14.4. The summed E-state index contributed by atoms with van der Waals surface area (Å²) in [6.07, 6.45) is 0. The molecule has 0 aromatic heterocycles. The fraction of sp³-hybridized carbons (Fsp3) is 0.136. The number of rotatable bonds is 8. The number of carbonyl (C=O) groups excluding carboxylic acids is 1. The molecule has 3 aromatic rings. The molecule has 0 radical (unpaired) electrons. The first-order valence-corrected chi connectivity index (χ1v) is 11.1. The van der Waals surface area contributed by atoms with Crippen molar-refractivity contribution in [3.8, 4) is 5.75 Å². The van der Waals surface area contributed by atoms with Crippen LogP contribution in [0.4, 0.5) is 5.69 Å². The highest BCUT2D eigenvalue weighted by atomic mass is 35.5. The highest BCUT2D eigenvalue weighted by molar-refractivity contribution is 7.92. The molecule has 0 heterocycles. The van der Waals surface area contributed by atoms with Gasteiger partial charge in [0.15, 0.2) is 0 Å². The van der Waals surface area contributed by atoms with Crippen molar-refractivity contribution in [3.05, 3.63) is 88.9 Å². The van der Waals surface area contributed by atoms with Gasteiger partial charge in [-0.05, 0) is 55.0 Å². The molecule has 1 amide bonds. The molecular weight excluding hydrogens is 424 g/mol. The van der Waals surface area contributed by atoms with Crippen LogP contribution in [0, 0.1) is 0 Å². The zero-order valence-electron chi connectivity index (χ0n) is 16.3. The number of hydrogen-bond acceptors (Lipinski definition) is 4. The first kappa shape index (κ1) is 21.7. The van der Waals surface area contributed by atoms with Gasteiger partial charge in [0.2, 0.25) is 0 Å². The summed E-state index contributed by atoms with van der Waals surface area (Å²) in [6.45, 7) is 2.83. The van der Waals surface area contributed by atoms with Crippen LogP contribution in [0.5, 0.6) is 5.75 Å². The van der Waals surface area contributed by atoms with Crippen LogP contribution in [0.3, 0.4) is 0 Å². The van der Waals surface area contributed by atoms with Gasteiger partial charge in [0.1, 0.15) is 5.75 Å². The summed E-state index contributed by atoms with van der Waals surface area (Å²) in [5, 5.41) is 2.94. The lowest BCUT2D eigenvalue weighted by atomic mass is 10.1. The number of halogens is 1. The van der Waals surface area contributed by atoms with Gasteiger partial charge in [0.25, 0.3) is 15.9 Å². The number of ether oxygens (including phenoxy) is 1. The maximum absolute atomic E-state index is 12.5. The number of nitrogens with one attached hydrogen (secondary N) is 2. The second-order valence-corrected chi connectivity index (χ2v) is 8.46. The molecule has 0 fully saturated rings. The predicted molar refractivity (Wildman–Crippen MR) is 117 cm³/mol. The molecule has 0 aliphatic heterocycles. The molecule has 8 heteroatoms.